The Labute approximate surface area is 92.9 Å². The first kappa shape index (κ1) is 9.39. The SMILES string of the molecule is Cn1cc(-c2cc3c(o2)CCCC3=O)cn1. The molecule has 0 atom stereocenters. The van der Waals surface area contributed by atoms with Crippen molar-refractivity contribution in [2.24, 2.45) is 7.05 Å². The molecule has 4 heteroatoms. The first-order valence-electron chi connectivity index (χ1n) is 5.39. The van der Waals surface area contributed by atoms with Crippen LogP contribution in [0.1, 0.15) is 29.0 Å². The van der Waals surface area contributed by atoms with Gasteiger partial charge in [-0.3, -0.25) is 9.48 Å². The van der Waals surface area contributed by atoms with Gasteiger partial charge >= 0.3 is 0 Å². The van der Waals surface area contributed by atoms with Gasteiger partial charge in [0.2, 0.25) is 0 Å². The van der Waals surface area contributed by atoms with Crippen molar-refractivity contribution in [2.45, 2.75) is 19.3 Å². The van der Waals surface area contributed by atoms with Crippen LogP contribution in [-0.2, 0) is 13.5 Å². The average Bonchev–Trinajstić information content (AvgIpc) is 2.84. The number of Topliss-reactive ketones (excluding diaryl/α,β-unsaturated/α-hetero) is 1. The molecule has 0 aliphatic heterocycles. The maximum Gasteiger partial charge on any atom is 0.166 e. The summed E-state index contributed by atoms with van der Waals surface area (Å²) in [5.74, 6) is 1.77. The van der Waals surface area contributed by atoms with Gasteiger partial charge in [-0.25, -0.2) is 0 Å². The van der Waals surface area contributed by atoms with E-state index in [4.69, 9.17) is 4.42 Å². The molecule has 16 heavy (non-hydrogen) atoms. The molecule has 0 aromatic carbocycles. The van der Waals surface area contributed by atoms with Gasteiger partial charge in [-0.1, -0.05) is 0 Å². The molecular weight excluding hydrogens is 204 g/mol. The van der Waals surface area contributed by atoms with Gasteiger partial charge in [-0.2, -0.15) is 5.10 Å². The minimum Gasteiger partial charge on any atom is -0.460 e. The van der Waals surface area contributed by atoms with Crippen molar-refractivity contribution >= 4 is 5.78 Å². The molecule has 0 N–H and O–H groups in total. The Morgan fingerprint density at radius 2 is 2.31 bits per heavy atom. The normalized spacial score (nSPS) is 15.2. The fourth-order valence-corrected chi connectivity index (χ4v) is 2.09. The Morgan fingerprint density at radius 3 is 3.00 bits per heavy atom. The van der Waals surface area contributed by atoms with Gasteiger partial charge in [0.05, 0.1) is 17.3 Å². The lowest BCUT2D eigenvalue weighted by Gasteiger charge is -2.06. The number of furan rings is 1. The summed E-state index contributed by atoms with van der Waals surface area (Å²) in [4.78, 5) is 11.7. The van der Waals surface area contributed by atoms with Gasteiger partial charge in [-0.15, -0.1) is 0 Å². The van der Waals surface area contributed by atoms with E-state index >= 15 is 0 Å². The van der Waals surface area contributed by atoms with Crippen LogP contribution in [-0.4, -0.2) is 15.6 Å². The van der Waals surface area contributed by atoms with E-state index < -0.39 is 0 Å². The molecule has 1 aliphatic rings. The summed E-state index contributed by atoms with van der Waals surface area (Å²) < 4.78 is 7.42. The van der Waals surface area contributed by atoms with Crippen LogP contribution in [0, 0.1) is 0 Å². The van der Waals surface area contributed by atoms with Gasteiger partial charge in [0.25, 0.3) is 0 Å². The van der Waals surface area contributed by atoms with E-state index in [-0.39, 0.29) is 5.78 Å². The van der Waals surface area contributed by atoms with Gasteiger partial charge < -0.3 is 4.42 Å². The number of ketones is 1. The maximum atomic E-state index is 11.7. The zero-order valence-electron chi connectivity index (χ0n) is 9.06. The third-order valence-electron chi connectivity index (χ3n) is 2.91. The number of fused-ring (bicyclic) bond motifs is 1. The Kier molecular flexibility index (Phi) is 1.96. The molecule has 0 bridgehead atoms. The second-order valence-corrected chi connectivity index (χ2v) is 4.13. The summed E-state index contributed by atoms with van der Waals surface area (Å²) in [7, 11) is 1.86. The van der Waals surface area contributed by atoms with Crippen LogP contribution >= 0.6 is 0 Å². The number of carbonyl (C=O) groups is 1. The van der Waals surface area contributed by atoms with Crippen LogP contribution in [0.15, 0.2) is 22.9 Å². The van der Waals surface area contributed by atoms with Crippen LogP contribution in [0.5, 0.6) is 0 Å². The third kappa shape index (κ3) is 1.38. The summed E-state index contributed by atoms with van der Waals surface area (Å²) >= 11 is 0. The van der Waals surface area contributed by atoms with Gasteiger partial charge in [-0.05, 0) is 12.5 Å². The van der Waals surface area contributed by atoms with Crippen molar-refractivity contribution in [1.29, 1.82) is 0 Å². The van der Waals surface area contributed by atoms with Crippen molar-refractivity contribution in [3.8, 4) is 11.3 Å². The average molecular weight is 216 g/mol. The predicted octanol–water partition coefficient (Wildman–Crippen LogP) is 2.20. The van der Waals surface area contributed by atoms with Crippen LogP contribution in [0.3, 0.4) is 0 Å². The summed E-state index contributed by atoms with van der Waals surface area (Å²) in [5, 5.41) is 4.09. The van der Waals surface area contributed by atoms with E-state index in [1.54, 1.807) is 10.9 Å². The molecule has 0 saturated heterocycles. The van der Waals surface area contributed by atoms with Crippen LogP contribution in [0.2, 0.25) is 0 Å². The molecule has 0 unspecified atom stereocenters. The molecular formula is C12H12N2O2. The Morgan fingerprint density at radius 1 is 1.44 bits per heavy atom. The summed E-state index contributed by atoms with van der Waals surface area (Å²) in [5.41, 5.74) is 1.68. The lowest BCUT2D eigenvalue weighted by Crippen LogP contribution is -2.07. The van der Waals surface area contributed by atoms with Crippen molar-refractivity contribution in [2.75, 3.05) is 0 Å². The molecule has 1 aliphatic carbocycles. The second-order valence-electron chi connectivity index (χ2n) is 4.13. The summed E-state index contributed by atoms with van der Waals surface area (Å²) in [6, 6.07) is 1.84. The van der Waals surface area contributed by atoms with E-state index in [0.717, 1.165) is 35.5 Å². The molecule has 2 aromatic rings. The number of nitrogens with zero attached hydrogens (tertiary/aromatic N) is 2. The lowest BCUT2D eigenvalue weighted by atomic mass is 9.97. The zero-order valence-corrected chi connectivity index (χ0v) is 9.06. The first-order chi connectivity index (χ1) is 7.74. The fourth-order valence-electron chi connectivity index (χ4n) is 2.09. The highest BCUT2D eigenvalue weighted by atomic mass is 16.3. The first-order valence-corrected chi connectivity index (χ1v) is 5.39. The van der Waals surface area contributed by atoms with Crippen molar-refractivity contribution in [1.82, 2.24) is 9.78 Å². The Hall–Kier alpha value is -1.84. The standard InChI is InChI=1S/C12H12N2O2/c1-14-7-8(6-13-14)12-5-9-10(15)3-2-4-11(9)16-12/h5-7H,2-4H2,1H3. The van der Waals surface area contributed by atoms with Crippen molar-refractivity contribution < 1.29 is 9.21 Å². The minimum atomic E-state index is 0.195. The number of hydrogen-bond donors (Lipinski definition) is 0. The molecule has 3 rings (SSSR count). The molecule has 0 radical (unpaired) electrons. The van der Waals surface area contributed by atoms with Crippen molar-refractivity contribution in [3.05, 3.63) is 29.8 Å². The highest BCUT2D eigenvalue weighted by Crippen LogP contribution is 2.30. The predicted molar refractivity (Wildman–Crippen MR) is 58.2 cm³/mol. The van der Waals surface area contributed by atoms with Gasteiger partial charge in [0, 0.05) is 26.1 Å². The lowest BCUT2D eigenvalue weighted by molar-refractivity contribution is 0.0969. The Bertz CT molecular complexity index is 551. The molecule has 0 fully saturated rings. The minimum absolute atomic E-state index is 0.195. The molecule has 2 aromatic heterocycles. The maximum absolute atomic E-state index is 11.7. The highest BCUT2D eigenvalue weighted by Gasteiger charge is 2.22. The zero-order chi connectivity index (χ0) is 11.1. The monoisotopic (exact) mass is 216 g/mol. The molecule has 4 nitrogen and oxygen atoms in total. The number of aryl methyl sites for hydroxylation is 2. The number of rotatable bonds is 1. The number of hydrogen-bond acceptors (Lipinski definition) is 3. The largest absolute Gasteiger partial charge is 0.460 e. The van der Waals surface area contributed by atoms with E-state index in [1.807, 2.05) is 19.3 Å². The topological polar surface area (TPSA) is 48.0 Å². The highest BCUT2D eigenvalue weighted by molar-refractivity contribution is 5.98. The molecule has 0 spiro atoms. The van der Waals surface area contributed by atoms with E-state index in [9.17, 15) is 4.79 Å². The van der Waals surface area contributed by atoms with E-state index in [1.165, 1.54) is 0 Å². The Balaban J connectivity index is 2.07. The van der Waals surface area contributed by atoms with Crippen LogP contribution in [0.4, 0.5) is 0 Å². The molecule has 2 heterocycles. The third-order valence-corrected chi connectivity index (χ3v) is 2.91. The van der Waals surface area contributed by atoms with Gasteiger partial charge in [0.1, 0.15) is 11.5 Å². The summed E-state index contributed by atoms with van der Waals surface area (Å²) in [6.07, 6.45) is 6.02. The van der Waals surface area contributed by atoms with E-state index in [2.05, 4.69) is 5.10 Å². The number of carbonyl (C=O) groups excluding carboxylic acids is 1. The van der Waals surface area contributed by atoms with Crippen molar-refractivity contribution in [3.63, 3.8) is 0 Å². The number of aromatic nitrogens is 2. The summed E-state index contributed by atoms with van der Waals surface area (Å²) in [6.45, 7) is 0. The smallest absolute Gasteiger partial charge is 0.166 e. The molecule has 0 saturated carbocycles. The van der Waals surface area contributed by atoms with Crippen LogP contribution < -0.4 is 0 Å². The second kappa shape index (κ2) is 3.33. The molecule has 82 valence electrons. The van der Waals surface area contributed by atoms with Gasteiger partial charge in [0.15, 0.2) is 5.78 Å². The fraction of sp³-hybridized carbons (Fsp3) is 0.333. The molecule has 0 amide bonds. The quantitative estimate of drug-likeness (QED) is 0.734. The van der Waals surface area contributed by atoms with Crippen LogP contribution in [0.25, 0.3) is 11.3 Å². The van der Waals surface area contributed by atoms with E-state index in [0.29, 0.717) is 6.42 Å².